The summed E-state index contributed by atoms with van der Waals surface area (Å²) in [6.45, 7) is 7.09. The predicted octanol–water partition coefficient (Wildman–Crippen LogP) is 5.38. The van der Waals surface area contributed by atoms with Crippen molar-refractivity contribution in [3.63, 3.8) is 0 Å². The number of ether oxygens (including phenoxy) is 3. The van der Waals surface area contributed by atoms with E-state index in [4.69, 9.17) is 14.2 Å². The first-order chi connectivity index (χ1) is 24.9. The standard InChI is InChI=1S/C40H42N6O5/c1-27-33(40(48)46(30-11-5-4-6-12-30)32-23-41-42(2)25-32)20-36(43(27)3)34-21-37-38(51-18-17-50-37)22-35(34)39(47)45-24-29-10-8-7-9-28(29)19-31(45)26-44-13-15-49-16-14-44/h4-12,20-23,25,31H,13-19,24,26H2,1-3H3/t31-/m0/s1. The molecule has 2 aromatic heterocycles. The Morgan fingerprint density at radius 1 is 0.843 bits per heavy atom. The number of hydrogen-bond donors (Lipinski definition) is 0. The fraction of sp³-hybridized carbons (Fsp3) is 0.325. The summed E-state index contributed by atoms with van der Waals surface area (Å²) in [5.74, 6) is 0.846. The molecule has 1 saturated heterocycles. The van der Waals surface area contributed by atoms with Crippen LogP contribution in [-0.2, 0) is 31.8 Å². The average molecular weight is 687 g/mol. The number of carbonyl (C=O) groups excluding carboxylic acids is 2. The quantitative estimate of drug-likeness (QED) is 0.227. The van der Waals surface area contributed by atoms with Crippen molar-refractivity contribution in [2.45, 2.75) is 25.9 Å². The highest BCUT2D eigenvalue weighted by Crippen LogP contribution is 2.41. The van der Waals surface area contributed by atoms with E-state index in [1.165, 1.54) is 5.56 Å². The molecule has 3 aliphatic rings. The van der Waals surface area contributed by atoms with Crippen molar-refractivity contribution in [3.8, 4) is 22.8 Å². The third-order valence-electron chi connectivity index (χ3n) is 10.3. The molecule has 5 aromatic rings. The maximum absolute atomic E-state index is 15.1. The van der Waals surface area contributed by atoms with Gasteiger partial charge in [0, 0.05) is 75.2 Å². The van der Waals surface area contributed by atoms with Crippen LogP contribution in [0.5, 0.6) is 11.5 Å². The van der Waals surface area contributed by atoms with Gasteiger partial charge in [-0.3, -0.25) is 24.1 Å². The second-order valence-electron chi connectivity index (χ2n) is 13.5. The molecule has 0 unspecified atom stereocenters. The number of anilines is 2. The van der Waals surface area contributed by atoms with Gasteiger partial charge in [0.15, 0.2) is 11.5 Å². The van der Waals surface area contributed by atoms with Crippen LogP contribution in [0.25, 0.3) is 11.3 Å². The first kappa shape index (κ1) is 32.8. The van der Waals surface area contributed by atoms with E-state index in [1.807, 2.05) is 91.3 Å². The van der Waals surface area contributed by atoms with E-state index < -0.39 is 0 Å². The van der Waals surface area contributed by atoms with Gasteiger partial charge in [-0.05, 0) is 54.8 Å². The van der Waals surface area contributed by atoms with E-state index in [0.29, 0.717) is 66.8 Å². The van der Waals surface area contributed by atoms with E-state index in [-0.39, 0.29) is 17.9 Å². The summed E-state index contributed by atoms with van der Waals surface area (Å²) in [5.41, 5.74) is 7.04. The summed E-state index contributed by atoms with van der Waals surface area (Å²) in [6.07, 6.45) is 4.28. The van der Waals surface area contributed by atoms with Gasteiger partial charge in [-0.1, -0.05) is 42.5 Å². The second kappa shape index (κ2) is 13.7. The van der Waals surface area contributed by atoms with Crippen LogP contribution in [0.1, 0.15) is 37.5 Å². The molecule has 5 heterocycles. The molecule has 1 fully saturated rings. The molecule has 11 nitrogen and oxygen atoms in total. The van der Waals surface area contributed by atoms with Crippen LogP contribution in [0.3, 0.4) is 0 Å². The monoisotopic (exact) mass is 686 g/mol. The highest BCUT2D eigenvalue weighted by Gasteiger charge is 2.35. The van der Waals surface area contributed by atoms with Crippen LogP contribution in [0, 0.1) is 6.92 Å². The summed E-state index contributed by atoms with van der Waals surface area (Å²) in [5, 5.41) is 4.35. The predicted molar refractivity (Wildman–Crippen MR) is 194 cm³/mol. The van der Waals surface area contributed by atoms with Crippen LogP contribution in [0.2, 0.25) is 0 Å². The zero-order chi connectivity index (χ0) is 35.1. The number of fused-ring (bicyclic) bond motifs is 2. The van der Waals surface area contributed by atoms with Crippen LogP contribution in [0.15, 0.2) is 85.2 Å². The highest BCUT2D eigenvalue weighted by atomic mass is 16.6. The normalized spacial score (nSPS) is 17.2. The van der Waals surface area contributed by atoms with Gasteiger partial charge in [0.1, 0.15) is 13.2 Å². The Labute approximate surface area is 297 Å². The topological polar surface area (TPSA) is 94.3 Å². The zero-order valence-corrected chi connectivity index (χ0v) is 29.2. The number of aromatic nitrogens is 3. The van der Waals surface area contributed by atoms with Gasteiger partial charge in [0.05, 0.1) is 36.2 Å². The van der Waals surface area contributed by atoms with Crippen molar-refractivity contribution < 1.29 is 23.8 Å². The molecule has 1 atom stereocenters. The van der Waals surface area contributed by atoms with Crippen LogP contribution < -0.4 is 14.4 Å². The number of rotatable bonds is 7. The fourth-order valence-electron chi connectivity index (χ4n) is 7.48. The number of para-hydroxylation sites is 1. The van der Waals surface area contributed by atoms with E-state index in [1.54, 1.807) is 15.8 Å². The summed E-state index contributed by atoms with van der Waals surface area (Å²) in [6, 6.07) is 23.6. The summed E-state index contributed by atoms with van der Waals surface area (Å²) in [4.78, 5) is 35.7. The second-order valence-corrected chi connectivity index (χ2v) is 13.5. The molecular formula is C40H42N6O5. The SMILES string of the molecule is Cc1c(C(=O)N(c2ccccc2)c2cnn(C)c2)cc(-c2cc3c(cc2C(=O)N2Cc4ccccc4C[C@H]2CN2CCOCC2)OCCO3)n1C. The number of aryl methyl sites for hydroxylation is 1. The van der Waals surface area contributed by atoms with Crippen molar-refractivity contribution in [2.24, 2.45) is 14.1 Å². The zero-order valence-electron chi connectivity index (χ0n) is 29.2. The van der Waals surface area contributed by atoms with Gasteiger partial charge in [-0.2, -0.15) is 5.10 Å². The Morgan fingerprint density at radius 2 is 1.55 bits per heavy atom. The summed E-state index contributed by atoms with van der Waals surface area (Å²) < 4.78 is 21.4. The lowest BCUT2D eigenvalue weighted by molar-refractivity contribution is 0.0193. The van der Waals surface area contributed by atoms with Gasteiger partial charge in [-0.25, -0.2) is 0 Å². The number of benzene rings is 3. The number of hydrogen-bond acceptors (Lipinski definition) is 7. The number of morpholine rings is 1. The molecule has 0 radical (unpaired) electrons. The summed E-state index contributed by atoms with van der Waals surface area (Å²) >= 11 is 0. The third-order valence-corrected chi connectivity index (χ3v) is 10.3. The van der Waals surface area contributed by atoms with E-state index >= 15 is 4.79 Å². The lowest BCUT2D eigenvalue weighted by Crippen LogP contribution is -2.52. The van der Waals surface area contributed by atoms with E-state index in [0.717, 1.165) is 48.7 Å². The Hall–Kier alpha value is -5.39. The van der Waals surface area contributed by atoms with Gasteiger partial charge in [-0.15, -0.1) is 0 Å². The minimum absolute atomic E-state index is 0.0299. The minimum atomic E-state index is -0.197. The van der Waals surface area contributed by atoms with Gasteiger partial charge >= 0.3 is 0 Å². The largest absolute Gasteiger partial charge is 0.486 e. The van der Waals surface area contributed by atoms with Crippen molar-refractivity contribution in [2.75, 3.05) is 51.0 Å². The van der Waals surface area contributed by atoms with Crippen molar-refractivity contribution >= 4 is 23.2 Å². The molecule has 0 spiro atoms. The van der Waals surface area contributed by atoms with Crippen molar-refractivity contribution in [3.05, 3.63) is 113 Å². The molecule has 2 amide bonds. The average Bonchev–Trinajstić information content (AvgIpc) is 3.72. The Bertz CT molecular complexity index is 2080. The molecule has 0 saturated carbocycles. The molecule has 3 aromatic carbocycles. The molecule has 51 heavy (non-hydrogen) atoms. The van der Waals surface area contributed by atoms with Crippen LogP contribution >= 0.6 is 0 Å². The first-order valence-electron chi connectivity index (χ1n) is 17.5. The number of amides is 2. The molecular weight excluding hydrogens is 644 g/mol. The molecule has 262 valence electrons. The molecule has 0 aliphatic carbocycles. The fourth-order valence-corrected chi connectivity index (χ4v) is 7.48. The first-order valence-corrected chi connectivity index (χ1v) is 17.5. The van der Waals surface area contributed by atoms with Gasteiger partial charge in [0.25, 0.3) is 11.8 Å². The van der Waals surface area contributed by atoms with Crippen molar-refractivity contribution in [1.29, 1.82) is 0 Å². The van der Waals surface area contributed by atoms with Crippen molar-refractivity contribution in [1.82, 2.24) is 24.1 Å². The summed E-state index contributed by atoms with van der Waals surface area (Å²) in [7, 11) is 3.76. The molecule has 8 rings (SSSR count). The maximum Gasteiger partial charge on any atom is 0.264 e. The number of carbonyl (C=O) groups is 2. The number of nitrogens with zero attached hydrogens (tertiary/aromatic N) is 6. The van der Waals surface area contributed by atoms with Gasteiger partial charge < -0.3 is 23.7 Å². The highest BCUT2D eigenvalue weighted by molar-refractivity contribution is 6.12. The van der Waals surface area contributed by atoms with Crippen LogP contribution in [0.4, 0.5) is 11.4 Å². The van der Waals surface area contributed by atoms with Gasteiger partial charge in [0.2, 0.25) is 0 Å². The lowest BCUT2D eigenvalue weighted by atomic mass is 9.92. The lowest BCUT2D eigenvalue weighted by Gasteiger charge is -2.40. The molecule has 3 aliphatic heterocycles. The molecule has 0 N–H and O–H groups in total. The Morgan fingerprint density at radius 3 is 2.27 bits per heavy atom. The Kier molecular flexibility index (Phi) is 8.83. The minimum Gasteiger partial charge on any atom is -0.486 e. The maximum atomic E-state index is 15.1. The molecule has 0 bridgehead atoms. The smallest absolute Gasteiger partial charge is 0.264 e. The third kappa shape index (κ3) is 6.28. The van der Waals surface area contributed by atoms with Crippen LogP contribution in [-0.4, -0.2) is 88.1 Å². The Balaban J connectivity index is 1.21. The van der Waals surface area contributed by atoms with E-state index in [9.17, 15) is 4.79 Å². The van der Waals surface area contributed by atoms with E-state index in [2.05, 4.69) is 28.2 Å². The molecule has 11 heteroatoms.